The molecule has 0 amide bonds. The van der Waals surface area contributed by atoms with Crippen molar-refractivity contribution in [3.8, 4) is 0 Å². The van der Waals surface area contributed by atoms with E-state index in [0.29, 0.717) is 12.0 Å². The largest absolute Gasteiger partial charge is 0.299 e. The number of hydrogen-bond acceptors (Lipinski definition) is 3. The number of nitrogens with zero attached hydrogens (tertiary/aromatic N) is 2. The highest BCUT2D eigenvalue weighted by atomic mass is 16.1. The van der Waals surface area contributed by atoms with Crippen molar-refractivity contribution in [2.24, 2.45) is 7.05 Å². The van der Waals surface area contributed by atoms with Gasteiger partial charge < -0.3 is 0 Å². The molecule has 16 heavy (non-hydrogen) atoms. The van der Waals surface area contributed by atoms with Gasteiger partial charge in [-0.05, 0) is 6.42 Å². The Bertz CT molecular complexity index is 369. The van der Waals surface area contributed by atoms with E-state index >= 15 is 0 Å². The Morgan fingerprint density at radius 1 is 1.38 bits per heavy atom. The molecule has 0 N–H and O–H groups in total. The number of Topliss-reactive ketones (excluding diaryl/α,β-unsaturated/α-hetero) is 2. The van der Waals surface area contributed by atoms with Gasteiger partial charge in [0.2, 0.25) is 0 Å². The molecule has 0 aromatic carbocycles. The maximum Gasteiger partial charge on any atom is 0.173 e. The minimum atomic E-state index is -0.130. The molecule has 0 aliphatic carbocycles. The van der Waals surface area contributed by atoms with Gasteiger partial charge in [0, 0.05) is 19.7 Å². The Balaban J connectivity index is 2.37. The standard InChI is InChI=1S/C12H18N2O2/c1-3-4-5-6-11(15)7-12(16)10-8-13-14(2)9-10/h8-9H,3-7H2,1-2H3. The second-order valence-corrected chi connectivity index (χ2v) is 4.00. The highest BCUT2D eigenvalue weighted by Gasteiger charge is 2.12. The van der Waals surface area contributed by atoms with Crippen LogP contribution < -0.4 is 0 Å². The third-order valence-electron chi connectivity index (χ3n) is 2.44. The van der Waals surface area contributed by atoms with Crippen molar-refractivity contribution < 1.29 is 9.59 Å². The quantitative estimate of drug-likeness (QED) is 0.403. The minimum absolute atomic E-state index is 0.00933. The molecular weight excluding hydrogens is 204 g/mol. The van der Waals surface area contributed by atoms with Gasteiger partial charge in [-0.3, -0.25) is 14.3 Å². The molecule has 88 valence electrons. The normalized spacial score (nSPS) is 10.4. The molecule has 4 nitrogen and oxygen atoms in total. The molecule has 0 radical (unpaired) electrons. The molecule has 0 unspecified atom stereocenters. The number of ketones is 2. The van der Waals surface area contributed by atoms with Gasteiger partial charge in [0.1, 0.15) is 5.78 Å². The number of hydrogen-bond donors (Lipinski definition) is 0. The van der Waals surface area contributed by atoms with E-state index in [1.165, 1.54) is 6.20 Å². The lowest BCUT2D eigenvalue weighted by Crippen LogP contribution is -2.07. The van der Waals surface area contributed by atoms with E-state index in [4.69, 9.17) is 0 Å². The van der Waals surface area contributed by atoms with Gasteiger partial charge in [0.15, 0.2) is 5.78 Å². The van der Waals surface area contributed by atoms with Crippen LogP contribution >= 0.6 is 0 Å². The average molecular weight is 222 g/mol. The van der Waals surface area contributed by atoms with Crippen LogP contribution in [0.2, 0.25) is 0 Å². The van der Waals surface area contributed by atoms with Gasteiger partial charge in [-0.15, -0.1) is 0 Å². The molecule has 1 aromatic rings. The third-order valence-corrected chi connectivity index (χ3v) is 2.44. The van der Waals surface area contributed by atoms with Crippen LogP contribution in [0.4, 0.5) is 0 Å². The molecule has 0 aliphatic heterocycles. The summed E-state index contributed by atoms with van der Waals surface area (Å²) in [6.07, 6.45) is 6.69. The Morgan fingerprint density at radius 3 is 2.69 bits per heavy atom. The maximum atomic E-state index is 11.6. The predicted octanol–water partition coefficient (Wildman–Crippen LogP) is 2.14. The first-order valence-corrected chi connectivity index (χ1v) is 5.67. The lowest BCUT2D eigenvalue weighted by molar-refractivity contribution is -0.118. The summed E-state index contributed by atoms with van der Waals surface area (Å²) in [4.78, 5) is 23.1. The van der Waals surface area contributed by atoms with Crippen molar-refractivity contribution in [3.63, 3.8) is 0 Å². The zero-order valence-electron chi connectivity index (χ0n) is 9.90. The number of unbranched alkanes of at least 4 members (excludes halogenated alkanes) is 2. The van der Waals surface area contributed by atoms with Gasteiger partial charge in [-0.1, -0.05) is 19.8 Å². The Kier molecular flexibility index (Phi) is 4.89. The summed E-state index contributed by atoms with van der Waals surface area (Å²) in [6, 6.07) is 0. The molecule has 0 atom stereocenters. The van der Waals surface area contributed by atoms with Crippen molar-refractivity contribution in [3.05, 3.63) is 18.0 Å². The van der Waals surface area contributed by atoms with Gasteiger partial charge in [-0.2, -0.15) is 5.10 Å². The second kappa shape index (κ2) is 6.20. The number of carbonyl (C=O) groups is 2. The summed E-state index contributed by atoms with van der Waals surface area (Å²) in [7, 11) is 1.75. The first-order chi connectivity index (χ1) is 7.63. The van der Waals surface area contributed by atoms with Gasteiger partial charge >= 0.3 is 0 Å². The summed E-state index contributed by atoms with van der Waals surface area (Å²) in [6.45, 7) is 2.09. The van der Waals surface area contributed by atoms with Crippen LogP contribution in [0.1, 0.15) is 49.4 Å². The average Bonchev–Trinajstić information content (AvgIpc) is 2.65. The SMILES string of the molecule is CCCCCC(=O)CC(=O)c1cnn(C)c1. The molecular formula is C12H18N2O2. The monoisotopic (exact) mass is 222 g/mol. The van der Waals surface area contributed by atoms with Crippen molar-refractivity contribution in [1.82, 2.24) is 9.78 Å². The zero-order valence-corrected chi connectivity index (χ0v) is 9.90. The second-order valence-electron chi connectivity index (χ2n) is 4.00. The van der Waals surface area contributed by atoms with E-state index in [1.54, 1.807) is 17.9 Å². The van der Waals surface area contributed by atoms with Crippen LogP contribution in [-0.4, -0.2) is 21.3 Å². The van der Waals surface area contributed by atoms with E-state index in [0.717, 1.165) is 19.3 Å². The van der Waals surface area contributed by atoms with Crippen LogP contribution in [0.25, 0.3) is 0 Å². The fraction of sp³-hybridized carbons (Fsp3) is 0.583. The van der Waals surface area contributed by atoms with Gasteiger partial charge in [0.25, 0.3) is 0 Å². The fourth-order valence-corrected chi connectivity index (χ4v) is 1.51. The summed E-state index contributed by atoms with van der Waals surface area (Å²) in [5.41, 5.74) is 0.520. The molecule has 0 saturated carbocycles. The molecule has 1 rings (SSSR count). The molecule has 1 heterocycles. The van der Waals surface area contributed by atoms with Gasteiger partial charge in [0.05, 0.1) is 18.2 Å². The predicted molar refractivity (Wildman–Crippen MR) is 61.3 cm³/mol. The van der Waals surface area contributed by atoms with E-state index in [9.17, 15) is 9.59 Å². The lowest BCUT2D eigenvalue weighted by Gasteiger charge is -1.98. The number of aryl methyl sites for hydroxylation is 1. The molecule has 0 bridgehead atoms. The van der Waals surface area contributed by atoms with E-state index in [1.807, 2.05) is 0 Å². The number of rotatable bonds is 7. The van der Waals surface area contributed by atoms with Crippen molar-refractivity contribution in [2.45, 2.75) is 39.0 Å². The fourth-order valence-electron chi connectivity index (χ4n) is 1.51. The molecule has 1 aromatic heterocycles. The third kappa shape index (κ3) is 3.96. The smallest absolute Gasteiger partial charge is 0.173 e. The van der Waals surface area contributed by atoms with Crippen LogP contribution in [0.15, 0.2) is 12.4 Å². The molecule has 0 aliphatic rings. The summed E-state index contributed by atoms with van der Waals surface area (Å²) in [5.74, 6) is -0.100. The highest BCUT2D eigenvalue weighted by Crippen LogP contribution is 2.06. The Morgan fingerprint density at radius 2 is 2.12 bits per heavy atom. The Labute approximate surface area is 95.6 Å². The lowest BCUT2D eigenvalue weighted by atomic mass is 10.0. The van der Waals surface area contributed by atoms with Crippen LogP contribution in [0.5, 0.6) is 0 Å². The van der Waals surface area contributed by atoms with Crippen LogP contribution in [0, 0.1) is 0 Å². The number of carbonyl (C=O) groups excluding carboxylic acids is 2. The minimum Gasteiger partial charge on any atom is -0.299 e. The molecule has 0 saturated heterocycles. The maximum absolute atomic E-state index is 11.6. The summed E-state index contributed by atoms with van der Waals surface area (Å²) < 4.78 is 1.56. The first-order valence-electron chi connectivity index (χ1n) is 5.67. The summed E-state index contributed by atoms with van der Waals surface area (Å²) in [5, 5.41) is 3.90. The van der Waals surface area contributed by atoms with Crippen LogP contribution in [-0.2, 0) is 11.8 Å². The zero-order chi connectivity index (χ0) is 12.0. The molecule has 0 fully saturated rings. The van der Waals surface area contributed by atoms with E-state index in [-0.39, 0.29) is 18.0 Å². The van der Waals surface area contributed by atoms with Gasteiger partial charge in [-0.25, -0.2) is 0 Å². The summed E-state index contributed by atoms with van der Waals surface area (Å²) >= 11 is 0. The van der Waals surface area contributed by atoms with Crippen molar-refractivity contribution in [2.75, 3.05) is 0 Å². The van der Waals surface area contributed by atoms with E-state index in [2.05, 4.69) is 12.0 Å². The highest BCUT2D eigenvalue weighted by molar-refractivity contribution is 6.07. The van der Waals surface area contributed by atoms with Crippen molar-refractivity contribution >= 4 is 11.6 Å². The Hall–Kier alpha value is -1.45. The molecule has 4 heteroatoms. The number of aromatic nitrogens is 2. The topological polar surface area (TPSA) is 52.0 Å². The van der Waals surface area contributed by atoms with E-state index < -0.39 is 0 Å². The molecule has 0 spiro atoms. The van der Waals surface area contributed by atoms with Crippen LogP contribution in [0.3, 0.4) is 0 Å². The first kappa shape index (κ1) is 12.6. The van der Waals surface area contributed by atoms with Crippen molar-refractivity contribution in [1.29, 1.82) is 0 Å².